The zero-order chi connectivity index (χ0) is 14.8. The Hall–Kier alpha value is -0.730. The van der Waals surface area contributed by atoms with E-state index in [1.54, 1.807) is 0 Å². The smallest absolute Gasteiger partial charge is 0.308 e. The number of hydrogen-bond donors (Lipinski definition) is 0. The Morgan fingerprint density at radius 3 is 2.45 bits per heavy atom. The molecule has 0 aromatic heterocycles. The van der Waals surface area contributed by atoms with Gasteiger partial charge in [0, 0.05) is 6.42 Å². The molecule has 6 bridgehead atoms. The third kappa shape index (κ3) is 1.89. The quantitative estimate of drug-likeness (QED) is 0.672. The van der Waals surface area contributed by atoms with Crippen molar-refractivity contribution in [1.82, 2.24) is 0 Å². The van der Waals surface area contributed by atoms with Crippen molar-refractivity contribution in [1.29, 1.82) is 0 Å². The van der Waals surface area contributed by atoms with Crippen LogP contribution in [0.4, 0.5) is 0 Å². The number of esters is 1. The van der Waals surface area contributed by atoms with Gasteiger partial charge in [-0.25, -0.2) is 0 Å². The summed E-state index contributed by atoms with van der Waals surface area (Å²) in [7, 11) is 1.40. The van der Waals surface area contributed by atoms with E-state index in [9.17, 15) is 4.79 Å². The van der Waals surface area contributed by atoms with Crippen LogP contribution in [-0.4, -0.2) is 68.2 Å². The lowest BCUT2D eigenvalue weighted by atomic mass is 9.87. The largest absolute Gasteiger partial charge is 0.469 e. The number of hydrogen-bond acceptors (Lipinski definition) is 7. The van der Waals surface area contributed by atoms with Crippen LogP contribution in [0.3, 0.4) is 0 Å². The first-order valence-corrected chi connectivity index (χ1v) is 8.07. The zero-order valence-corrected chi connectivity index (χ0v) is 12.4. The molecule has 6 rings (SSSR count). The van der Waals surface area contributed by atoms with Crippen LogP contribution in [0.1, 0.15) is 25.7 Å². The van der Waals surface area contributed by atoms with Gasteiger partial charge in [0.1, 0.15) is 30.5 Å². The highest BCUT2D eigenvalue weighted by Gasteiger charge is 2.64. The summed E-state index contributed by atoms with van der Waals surface area (Å²) in [5.41, 5.74) is 0. The molecule has 9 atom stereocenters. The molecule has 6 aliphatic rings. The first-order chi connectivity index (χ1) is 10.7. The SMILES string of the molecule is COC(=O)C[C@H]1CC[C@@H]2O[C@@H]3[C@H]4O[C@@H]5C[C@H](O[C@H]4[C@H]2O1)O[C@H]35. The van der Waals surface area contributed by atoms with Crippen molar-refractivity contribution in [3.63, 3.8) is 0 Å². The fourth-order valence-corrected chi connectivity index (χ4v) is 4.50. The molecule has 122 valence electrons. The van der Waals surface area contributed by atoms with Gasteiger partial charge in [-0.15, -0.1) is 0 Å². The Bertz CT molecular complexity index is 483. The number of fused-ring (bicyclic) bond motifs is 1. The van der Waals surface area contributed by atoms with E-state index in [0.29, 0.717) is 0 Å². The Kier molecular flexibility index (Phi) is 3.04. The molecule has 0 aromatic carbocycles. The van der Waals surface area contributed by atoms with Gasteiger partial charge in [-0.1, -0.05) is 0 Å². The van der Waals surface area contributed by atoms with Crippen molar-refractivity contribution < 1.29 is 33.2 Å². The standard InChI is InChI=1S/C15H20O7/c1-17-9(16)4-6-2-3-7-11(18-6)14-15-13(19-7)12-8(20-15)5-10(21-12)22-14/h6-8,10-15H,2-5H2,1H3/t6-,7+,8-,10+,11+,12+,13+,14+,15-/m1/s1. The maximum absolute atomic E-state index is 11.5. The molecular weight excluding hydrogens is 292 g/mol. The maximum atomic E-state index is 11.5. The number of rotatable bonds is 2. The molecule has 0 unspecified atom stereocenters. The second-order valence-corrected chi connectivity index (χ2v) is 6.73. The molecule has 0 amide bonds. The minimum atomic E-state index is -0.248. The lowest BCUT2D eigenvalue weighted by Crippen LogP contribution is -2.61. The summed E-state index contributed by atoms with van der Waals surface area (Å²) in [5, 5.41) is 0. The fourth-order valence-electron chi connectivity index (χ4n) is 4.50. The second-order valence-electron chi connectivity index (χ2n) is 6.73. The minimum absolute atomic E-state index is 0.00579. The highest BCUT2D eigenvalue weighted by Crippen LogP contribution is 2.48. The Balaban J connectivity index is 1.37. The van der Waals surface area contributed by atoms with E-state index in [4.69, 9.17) is 28.4 Å². The lowest BCUT2D eigenvalue weighted by Gasteiger charge is -2.46. The van der Waals surface area contributed by atoms with E-state index in [1.165, 1.54) is 7.11 Å². The molecule has 0 aromatic rings. The van der Waals surface area contributed by atoms with Crippen molar-refractivity contribution in [2.75, 3.05) is 7.11 Å². The van der Waals surface area contributed by atoms with Gasteiger partial charge < -0.3 is 28.4 Å². The van der Waals surface area contributed by atoms with E-state index in [-0.39, 0.29) is 67.5 Å². The summed E-state index contributed by atoms with van der Waals surface area (Å²) in [6.45, 7) is 0. The molecule has 6 heterocycles. The Morgan fingerprint density at radius 1 is 0.909 bits per heavy atom. The summed E-state index contributed by atoms with van der Waals surface area (Å²) in [6.07, 6.45) is 1.83. The van der Waals surface area contributed by atoms with Crippen LogP contribution >= 0.6 is 0 Å². The van der Waals surface area contributed by atoms with E-state index < -0.39 is 0 Å². The van der Waals surface area contributed by atoms with Crippen LogP contribution in [0.15, 0.2) is 0 Å². The van der Waals surface area contributed by atoms with Crippen LogP contribution < -0.4 is 0 Å². The van der Waals surface area contributed by atoms with E-state index in [0.717, 1.165) is 19.3 Å². The normalized spacial score (nSPS) is 54.9. The maximum Gasteiger partial charge on any atom is 0.308 e. The Morgan fingerprint density at radius 2 is 1.59 bits per heavy atom. The molecule has 0 N–H and O–H groups in total. The fraction of sp³-hybridized carbons (Fsp3) is 0.933. The highest BCUT2D eigenvalue weighted by molar-refractivity contribution is 5.69. The van der Waals surface area contributed by atoms with Crippen LogP contribution in [0.2, 0.25) is 0 Å². The minimum Gasteiger partial charge on any atom is -0.469 e. The molecule has 22 heavy (non-hydrogen) atoms. The average molecular weight is 312 g/mol. The van der Waals surface area contributed by atoms with Gasteiger partial charge in [0.2, 0.25) is 0 Å². The molecule has 6 saturated heterocycles. The van der Waals surface area contributed by atoms with Crippen molar-refractivity contribution in [3.8, 4) is 0 Å². The summed E-state index contributed by atoms with van der Waals surface area (Å²) in [4.78, 5) is 11.5. The first-order valence-electron chi connectivity index (χ1n) is 8.07. The van der Waals surface area contributed by atoms with Gasteiger partial charge in [-0.05, 0) is 12.8 Å². The third-order valence-electron chi connectivity index (χ3n) is 5.48. The van der Waals surface area contributed by atoms with Gasteiger partial charge in [-0.2, -0.15) is 0 Å². The molecule has 7 nitrogen and oxygen atoms in total. The van der Waals surface area contributed by atoms with Gasteiger partial charge >= 0.3 is 5.97 Å². The van der Waals surface area contributed by atoms with E-state index in [1.807, 2.05) is 0 Å². The van der Waals surface area contributed by atoms with Crippen LogP contribution in [0.25, 0.3) is 0 Å². The van der Waals surface area contributed by atoms with Crippen molar-refractivity contribution >= 4 is 5.97 Å². The number of ether oxygens (including phenoxy) is 6. The van der Waals surface area contributed by atoms with E-state index >= 15 is 0 Å². The number of carbonyl (C=O) groups is 1. The Labute approximate surface area is 128 Å². The lowest BCUT2D eigenvalue weighted by molar-refractivity contribution is -0.265. The highest BCUT2D eigenvalue weighted by atomic mass is 16.8. The van der Waals surface area contributed by atoms with Gasteiger partial charge in [0.15, 0.2) is 6.29 Å². The molecule has 6 fully saturated rings. The molecule has 0 radical (unpaired) electrons. The topological polar surface area (TPSA) is 72.5 Å². The molecular formula is C15H20O7. The number of methoxy groups -OCH3 is 1. The molecule has 0 saturated carbocycles. The van der Waals surface area contributed by atoms with Gasteiger partial charge in [-0.3, -0.25) is 4.79 Å². The predicted molar refractivity (Wildman–Crippen MR) is 70.0 cm³/mol. The second kappa shape index (κ2) is 4.88. The van der Waals surface area contributed by atoms with Crippen LogP contribution in [0, 0.1) is 0 Å². The summed E-state index contributed by atoms with van der Waals surface area (Å²) in [5.74, 6) is -0.248. The summed E-state index contributed by atoms with van der Waals surface area (Å²) < 4.78 is 35.2. The summed E-state index contributed by atoms with van der Waals surface area (Å²) >= 11 is 0. The molecule has 0 aliphatic carbocycles. The number of carbonyl (C=O) groups excluding carboxylic acids is 1. The summed E-state index contributed by atoms with van der Waals surface area (Å²) in [6, 6.07) is 0. The zero-order valence-electron chi connectivity index (χ0n) is 12.4. The van der Waals surface area contributed by atoms with Gasteiger partial charge in [0.05, 0.1) is 31.8 Å². The van der Waals surface area contributed by atoms with Crippen molar-refractivity contribution in [2.45, 2.75) is 80.8 Å². The van der Waals surface area contributed by atoms with Crippen LogP contribution in [-0.2, 0) is 33.2 Å². The van der Waals surface area contributed by atoms with E-state index in [2.05, 4.69) is 0 Å². The first kappa shape index (κ1) is 13.7. The van der Waals surface area contributed by atoms with Crippen molar-refractivity contribution in [2.24, 2.45) is 0 Å². The molecule has 7 heteroatoms. The van der Waals surface area contributed by atoms with Crippen LogP contribution in [0.5, 0.6) is 0 Å². The van der Waals surface area contributed by atoms with Gasteiger partial charge in [0.25, 0.3) is 0 Å². The monoisotopic (exact) mass is 312 g/mol. The predicted octanol–water partition coefficient (Wildman–Crippen LogP) is 0.146. The average Bonchev–Trinajstić information content (AvgIpc) is 2.93. The van der Waals surface area contributed by atoms with Crippen molar-refractivity contribution in [3.05, 3.63) is 0 Å². The molecule has 6 aliphatic heterocycles. The third-order valence-corrected chi connectivity index (χ3v) is 5.48. The molecule has 0 spiro atoms.